The van der Waals surface area contributed by atoms with Crippen LogP contribution in [0.4, 0.5) is 0 Å². The van der Waals surface area contributed by atoms with Crippen molar-refractivity contribution >= 4 is 13.2 Å². The second-order valence-electron chi connectivity index (χ2n) is 4.45. The molecule has 0 aliphatic carbocycles. The van der Waals surface area contributed by atoms with Crippen molar-refractivity contribution in [3.8, 4) is 11.5 Å². The summed E-state index contributed by atoms with van der Waals surface area (Å²) in [5.74, 6) is -1.31. The van der Waals surface area contributed by atoms with Crippen LogP contribution in [0.3, 0.4) is 0 Å². The van der Waals surface area contributed by atoms with Crippen molar-refractivity contribution < 1.29 is 19.5 Å². The molecule has 0 radical (unpaired) electrons. The molecule has 3 rings (SSSR count). The van der Waals surface area contributed by atoms with E-state index in [1.54, 1.807) is 28.9 Å². The molecule has 0 saturated heterocycles. The molecule has 0 amide bonds. The molecule has 1 unspecified atom stereocenters. The normalized spacial score (nSPS) is 13.7. The topological polar surface area (TPSA) is 150 Å². The number of nitrogens with zero attached hydrogens (tertiary/aromatic N) is 5. The van der Waals surface area contributed by atoms with Gasteiger partial charge in [-0.25, -0.2) is 10.1 Å². The van der Waals surface area contributed by atoms with Gasteiger partial charge in [0.2, 0.25) is 0 Å². The van der Waals surface area contributed by atoms with Crippen molar-refractivity contribution in [3.05, 3.63) is 30.1 Å². The quantitative estimate of drug-likeness (QED) is 0.473. The van der Waals surface area contributed by atoms with Crippen LogP contribution >= 0.6 is 7.60 Å². The zero-order chi connectivity index (χ0) is 15.0. The fourth-order valence-corrected chi connectivity index (χ4v) is 2.32. The van der Waals surface area contributed by atoms with E-state index in [4.69, 9.17) is 9.79 Å². The Labute approximate surface area is 117 Å². The highest BCUT2D eigenvalue weighted by Gasteiger charge is 2.26. The summed E-state index contributed by atoms with van der Waals surface area (Å²) in [5.41, 5.74) is 1.72. The first-order valence-electron chi connectivity index (χ1n) is 5.88. The summed E-state index contributed by atoms with van der Waals surface area (Å²) in [6.45, 7) is 0. The van der Waals surface area contributed by atoms with Crippen molar-refractivity contribution in [2.45, 2.75) is 12.3 Å². The summed E-state index contributed by atoms with van der Waals surface area (Å²) in [7, 11) is -4.52. The van der Waals surface area contributed by atoms with Crippen LogP contribution < -0.4 is 0 Å². The van der Waals surface area contributed by atoms with Crippen LogP contribution in [-0.2, 0) is 11.0 Å². The van der Waals surface area contributed by atoms with Crippen molar-refractivity contribution in [1.29, 1.82) is 0 Å². The van der Waals surface area contributed by atoms with E-state index in [0.29, 0.717) is 22.7 Å². The maximum absolute atomic E-state index is 11.0. The average molecular weight is 310 g/mol. The zero-order valence-electron chi connectivity index (χ0n) is 10.5. The molecular formula is C10H11N6O4P. The highest BCUT2D eigenvalue weighted by atomic mass is 31.2. The summed E-state index contributed by atoms with van der Waals surface area (Å²) in [6, 6.07) is 3.32. The highest BCUT2D eigenvalue weighted by Crippen LogP contribution is 2.40. The first-order chi connectivity index (χ1) is 9.93. The van der Waals surface area contributed by atoms with Gasteiger partial charge < -0.3 is 19.3 Å². The summed E-state index contributed by atoms with van der Waals surface area (Å²) in [5, 5.41) is 22.7. The van der Waals surface area contributed by atoms with Crippen LogP contribution in [0.15, 0.2) is 24.5 Å². The van der Waals surface area contributed by atoms with Gasteiger partial charge in [-0.2, -0.15) is 0 Å². The summed E-state index contributed by atoms with van der Waals surface area (Å²) < 4.78 is 12.6. The molecule has 110 valence electrons. The standard InChI is InChI=1S/C10H11N6O4P/c17-9(21(18,19)20)3-6-1-2-8-11-7(5-16(8)4-6)10-12-14-15-13-10/h1-2,4-5,9,17H,3H2,(H2,18,19,20)(H,12,13,14,15). The van der Waals surface area contributed by atoms with Crippen LogP contribution in [0.5, 0.6) is 0 Å². The molecule has 3 aromatic heterocycles. The van der Waals surface area contributed by atoms with Crippen LogP contribution in [0.2, 0.25) is 0 Å². The highest BCUT2D eigenvalue weighted by molar-refractivity contribution is 7.52. The Balaban J connectivity index is 1.92. The number of aromatic nitrogens is 6. The minimum absolute atomic E-state index is 0.155. The van der Waals surface area contributed by atoms with E-state index in [2.05, 4.69) is 25.6 Å². The molecule has 0 bridgehead atoms. The molecule has 4 N–H and O–H groups in total. The van der Waals surface area contributed by atoms with E-state index in [1.807, 2.05) is 0 Å². The van der Waals surface area contributed by atoms with Crippen LogP contribution in [0.25, 0.3) is 17.2 Å². The maximum Gasteiger partial charge on any atom is 0.354 e. The number of aliphatic hydroxyl groups is 1. The van der Waals surface area contributed by atoms with Gasteiger partial charge in [0, 0.05) is 18.8 Å². The summed E-state index contributed by atoms with van der Waals surface area (Å²) >= 11 is 0. The molecule has 10 nitrogen and oxygen atoms in total. The summed E-state index contributed by atoms with van der Waals surface area (Å²) in [6.07, 6.45) is 3.15. The van der Waals surface area contributed by atoms with Gasteiger partial charge in [0.05, 0.1) is 0 Å². The Morgan fingerprint density at radius 1 is 1.33 bits per heavy atom. The van der Waals surface area contributed by atoms with Crippen LogP contribution in [0.1, 0.15) is 5.56 Å². The number of H-pyrrole nitrogens is 1. The molecule has 0 aliphatic rings. The molecule has 0 aliphatic heterocycles. The van der Waals surface area contributed by atoms with E-state index in [-0.39, 0.29) is 6.42 Å². The lowest BCUT2D eigenvalue weighted by atomic mass is 10.2. The number of tetrazole rings is 1. The number of aromatic amines is 1. The third-order valence-electron chi connectivity index (χ3n) is 2.91. The predicted octanol–water partition coefficient (Wildman–Crippen LogP) is -0.447. The fourth-order valence-electron chi connectivity index (χ4n) is 1.87. The molecular weight excluding hydrogens is 299 g/mol. The molecule has 0 aromatic carbocycles. The number of hydrogen-bond donors (Lipinski definition) is 4. The van der Waals surface area contributed by atoms with Crippen molar-refractivity contribution in [1.82, 2.24) is 30.0 Å². The zero-order valence-corrected chi connectivity index (χ0v) is 11.4. The predicted molar refractivity (Wildman–Crippen MR) is 70.1 cm³/mol. The minimum Gasteiger partial charge on any atom is -0.380 e. The monoisotopic (exact) mass is 310 g/mol. The van der Waals surface area contributed by atoms with Gasteiger partial charge in [-0.05, 0) is 22.1 Å². The lowest BCUT2D eigenvalue weighted by Crippen LogP contribution is -2.11. The summed E-state index contributed by atoms with van der Waals surface area (Å²) in [4.78, 5) is 22.1. The first kappa shape index (κ1) is 13.8. The van der Waals surface area contributed by atoms with Gasteiger partial charge in [0.1, 0.15) is 11.3 Å². The maximum atomic E-state index is 11.0. The number of nitrogens with one attached hydrogen (secondary N) is 1. The average Bonchev–Trinajstić information content (AvgIpc) is 3.05. The lowest BCUT2D eigenvalue weighted by molar-refractivity contribution is 0.202. The molecule has 11 heteroatoms. The number of rotatable bonds is 4. The van der Waals surface area contributed by atoms with E-state index in [1.165, 1.54) is 0 Å². The lowest BCUT2D eigenvalue weighted by Gasteiger charge is -2.12. The Hall–Kier alpha value is -2.13. The Morgan fingerprint density at radius 3 is 2.81 bits per heavy atom. The number of fused-ring (bicyclic) bond motifs is 1. The van der Waals surface area contributed by atoms with Gasteiger partial charge in [-0.1, -0.05) is 6.07 Å². The SMILES string of the molecule is O=P(O)(O)C(O)Cc1ccc2nc(-c3nnn[nH]3)cn2c1. The van der Waals surface area contributed by atoms with Gasteiger partial charge in [-0.15, -0.1) is 5.10 Å². The molecule has 0 fully saturated rings. The molecule has 0 saturated carbocycles. The molecule has 3 heterocycles. The Bertz CT molecular complexity index is 810. The number of imidazole rings is 1. The van der Waals surface area contributed by atoms with E-state index >= 15 is 0 Å². The van der Waals surface area contributed by atoms with Gasteiger partial charge in [0.25, 0.3) is 0 Å². The van der Waals surface area contributed by atoms with Crippen molar-refractivity contribution in [3.63, 3.8) is 0 Å². The Kier molecular flexibility index (Phi) is 3.30. The number of aliphatic hydroxyl groups excluding tert-OH is 1. The largest absolute Gasteiger partial charge is 0.380 e. The Morgan fingerprint density at radius 2 is 2.14 bits per heavy atom. The van der Waals surface area contributed by atoms with Crippen LogP contribution in [-0.4, -0.2) is 50.7 Å². The van der Waals surface area contributed by atoms with E-state index in [0.717, 1.165) is 0 Å². The van der Waals surface area contributed by atoms with Gasteiger partial charge in [-0.3, -0.25) is 4.57 Å². The van der Waals surface area contributed by atoms with E-state index in [9.17, 15) is 9.67 Å². The third-order valence-corrected chi connectivity index (χ3v) is 3.87. The molecule has 21 heavy (non-hydrogen) atoms. The smallest absolute Gasteiger partial charge is 0.354 e. The molecule has 1 atom stereocenters. The van der Waals surface area contributed by atoms with Gasteiger partial charge >= 0.3 is 7.60 Å². The second kappa shape index (κ2) is 5.01. The van der Waals surface area contributed by atoms with E-state index < -0.39 is 13.4 Å². The molecule has 3 aromatic rings. The number of hydrogen-bond acceptors (Lipinski definition) is 6. The van der Waals surface area contributed by atoms with Gasteiger partial charge in [0.15, 0.2) is 11.7 Å². The molecule has 0 spiro atoms. The first-order valence-corrected chi connectivity index (χ1v) is 7.56. The van der Waals surface area contributed by atoms with Crippen molar-refractivity contribution in [2.75, 3.05) is 0 Å². The second-order valence-corrected chi connectivity index (χ2v) is 6.23. The fraction of sp³-hybridized carbons (Fsp3) is 0.200. The van der Waals surface area contributed by atoms with Crippen molar-refractivity contribution in [2.24, 2.45) is 0 Å². The number of pyridine rings is 1. The van der Waals surface area contributed by atoms with Crippen LogP contribution in [0, 0.1) is 0 Å². The minimum atomic E-state index is -4.52. The third kappa shape index (κ3) is 2.83.